The summed E-state index contributed by atoms with van der Waals surface area (Å²) in [4.78, 5) is 14.5. The first-order valence-corrected chi connectivity index (χ1v) is 8.94. The van der Waals surface area contributed by atoms with Crippen LogP contribution < -0.4 is 4.74 Å². The van der Waals surface area contributed by atoms with Gasteiger partial charge in [0.25, 0.3) is 0 Å². The van der Waals surface area contributed by atoms with Crippen LogP contribution in [0.25, 0.3) is 6.08 Å². The molecule has 26 heavy (non-hydrogen) atoms. The van der Waals surface area contributed by atoms with Gasteiger partial charge in [0, 0.05) is 32.9 Å². The summed E-state index contributed by atoms with van der Waals surface area (Å²) in [5.41, 5.74) is 1.17. The van der Waals surface area contributed by atoms with E-state index >= 15 is 0 Å². The van der Waals surface area contributed by atoms with Gasteiger partial charge in [0.2, 0.25) is 5.78 Å². The van der Waals surface area contributed by atoms with E-state index < -0.39 is 0 Å². The Morgan fingerprint density at radius 1 is 1.31 bits per heavy atom. The third-order valence-electron chi connectivity index (χ3n) is 4.10. The maximum atomic E-state index is 12.1. The SMILES string of the molecule is Cn1cc(Cl)c(C(=O)/C=C/c2ccc(OCCN3CCOCC3)cc2)n1. The first-order valence-electron chi connectivity index (χ1n) is 8.56. The van der Waals surface area contributed by atoms with Crippen LogP contribution >= 0.6 is 11.6 Å². The van der Waals surface area contributed by atoms with Crippen molar-refractivity contribution in [1.29, 1.82) is 0 Å². The zero-order valence-electron chi connectivity index (χ0n) is 14.7. The number of nitrogens with zero attached hydrogens (tertiary/aromatic N) is 3. The summed E-state index contributed by atoms with van der Waals surface area (Å²) in [5.74, 6) is 0.593. The highest BCUT2D eigenvalue weighted by molar-refractivity contribution is 6.34. The molecule has 0 aliphatic carbocycles. The Bertz CT molecular complexity index is 765. The van der Waals surface area contributed by atoms with Crippen LogP contribution in [0, 0.1) is 0 Å². The van der Waals surface area contributed by atoms with Crippen molar-refractivity contribution in [3.05, 3.63) is 52.8 Å². The molecule has 7 heteroatoms. The van der Waals surface area contributed by atoms with Gasteiger partial charge in [-0.25, -0.2) is 0 Å². The molecule has 1 aromatic carbocycles. The molecule has 3 rings (SSSR count). The lowest BCUT2D eigenvalue weighted by molar-refractivity contribution is 0.0322. The standard InChI is InChI=1S/C19H22ClN3O3/c1-22-14-17(20)19(21-22)18(24)7-4-15-2-5-16(6-3-15)26-13-10-23-8-11-25-12-9-23/h2-7,14H,8-13H2,1H3/b7-4+. The summed E-state index contributed by atoms with van der Waals surface area (Å²) in [6.07, 6.45) is 4.82. The van der Waals surface area contributed by atoms with Crippen LogP contribution in [0.4, 0.5) is 0 Å². The van der Waals surface area contributed by atoms with Gasteiger partial charge < -0.3 is 9.47 Å². The van der Waals surface area contributed by atoms with E-state index in [1.807, 2.05) is 24.3 Å². The van der Waals surface area contributed by atoms with Crippen molar-refractivity contribution in [2.24, 2.45) is 7.05 Å². The second-order valence-electron chi connectivity index (χ2n) is 6.07. The predicted molar refractivity (Wildman–Crippen MR) is 101 cm³/mol. The summed E-state index contributed by atoms with van der Waals surface area (Å²) in [7, 11) is 1.73. The van der Waals surface area contributed by atoms with Gasteiger partial charge in [-0.1, -0.05) is 29.8 Å². The van der Waals surface area contributed by atoms with E-state index in [-0.39, 0.29) is 11.5 Å². The number of morpholine rings is 1. The summed E-state index contributed by atoms with van der Waals surface area (Å²) in [5, 5.41) is 4.41. The summed E-state index contributed by atoms with van der Waals surface area (Å²) in [6.45, 7) is 5.05. The molecule has 0 atom stereocenters. The van der Waals surface area contributed by atoms with Crippen molar-refractivity contribution in [3.8, 4) is 5.75 Å². The highest BCUT2D eigenvalue weighted by Crippen LogP contribution is 2.16. The molecule has 0 saturated carbocycles. The molecule has 138 valence electrons. The third kappa shape index (κ3) is 5.17. The largest absolute Gasteiger partial charge is 0.492 e. The zero-order valence-corrected chi connectivity index (χ0v) is 15.5. The average molecular weight is 376 g/mol. The van der Waals surface area contributed by atoms with Gasteiger partial charge in [-0.2, -0.15) is 5.10 Å². The highest BCUT2D eigenvalue weighted by atomic mass is 35.5. The van der Waals surface area contributed by atoms with Crippen LogP contribution in [0.15, 0.2) is 36.5 Å². The Morgan fingerprint density at radius 3 is 2.69 bits per heavy atom. The van der Waals surface area contributed by atoms with Gasteiger partial charge in [-0.3, -0.25) is 14.4 Å². The topological polar surface area (TPSA) is 56.6 Å². The molecule has 0 amide bonds. The van der Waals surface area contributed by atoms with Gasteiger partial charge in [0.05, 0.1) is 18.2 Å². The average Bonchev–Trinajstić information content (AvgIpc) is 3.00. The fraction of sp³-hybridized carbons (Fsp3) is 0.368. The summed E-state index contributed by atoms with van der Waals surface area (Å²) in [6, 6.07) is 7.62. The molecule has 1 saturated heterocycles. The van der Waals surface area contributed by atoms with Crippen molar-refractivity contribution >= 4 is 23.5 Å². The number of halogens is 1. The van der Waals surface area contributed by atoms with Gasteiger partial charge in [0.15, 0.2) is 5.69 Å². The molecule has 0 N–H and O–H groups in total. The monoisotopic (exact) mass is 375 g/mol. The van der Waals surface area contributed by atoms with Crippen LogP contribution in [0.2, 0.25) is 5.02 Å². The number of rotatable bonds is 7. The number of benzene rings is 1. The van der Waals surface area contributed by atoms with Crippen LogP contribution in [-0.4, -0.2) is 59.9 Å². The third-order valence-corrected chi connectivity index (χ3v) is 4.38. The first-order chi connectivity index (χ1) is 12.6. The number of aryl methyl sites for hydroxylation is 1. The fourth-order valence-electron chi connectivity index (χ4n) is 2.67. The lowest BCUT2D eigenvalue weighted by Gasteiger charge is -2.26. The normalized spacial score (nSPS) is 15.5. The van der Waals surface area contributed by atoms with E-state index in [1.165, 1.54) is 10.8 Å². The van der Waals surface area contributed by atoms with E-state index in [9.17, 15) is 4.79 Å². The highest BCUT2D eigenvalue weighted by Gasteiger charge is 2.12. The lowest BCUT2D eigenvalue weighted by atomic mass is 10.1. The molecule has 0 unspecified atom stereocenters. The molecule has 1 fully saturated rings. The predicted octanol–water partition coefficient (Wildman–Crippen LogP) is 2.68. The number of hydrogen-bond donors (Lipinski definition) is 0. The van der Waals surface area contributed by atoms with E-state index in [0.717, 1.165) is 44.2 Å². The number of carbonyl (C=O) groups excluding carboxylic acids is 1. The second-order valence-corrected chi connectivity index (χ2v) is 6.48. The summed E-state index contributed by atoms with van der Waals surface area (Å²) >= 11 is 5.98. The molecular weight excluding hydrogens is 354 g/mol. The number of carbonyl (C=O) groups is 1. The molecule has 1 aromatic heterocycles. The van der Waals surface area contributed by atoms with E-state index in [1.54, 1.807) is 19.3 Å². The number of ether oxygens (including phenoxy) is 2. The molecule has 0 radical (unpaired) electrons. The minimum atomic E-state index is -0.221. The molecule has 2 heterocycles. The van der Waals surface area contributed by atoms with Gasteiger partial charge >= 0.3 is 0 Å². The van der Waals surface area contributed by atoms with Crippen LogP contribution in [0.1, 0.15) is 16.1 Å². The number of aromatic nitrogens is 2. The molecule has 2 aromatic rings. The van der Waals surface area contributed by atoms with Crippen molar-refractivity contribution in [2.45, 2.75) is 0 Å². The quantitative estimate of drug-likeness (QED) is 0.550. The Morgan fingerprint density at radius 2 is 2.04 bits per heavy atom. The number of ketones is 1. The van der Waals surface area contributed by atoms with Crippen molar-refractivity contribution in [3.63, 3.8) is 0 Å². The fourth-order valence-corrected chi connectivity index (χ4v) is 2.94. The minimum Gasteiger partial charge on any atom is -0.492 e. The van der Waals surface area contributed by atoms with Gasteiger partial charge in [0.1, 0.15) is 12.4 Å². The molecule has 1 aliphatic heterocycles. The molecule has 1 aliphatic rings. The Balaban J connectivity index is 1.49. The lowest BCUT2D eigenvalue weighted by Crippen LogP contribution is -2.38. The van der Waals surface area contributed by atoms with E-state index in [0.29, 0.717) is 11.6 Å². The van der Waals surface area contributed by atoms with Crippen LogP contribution in [0.3, 0.4) is 0 Å². The zero-order chi connectivity index (χ0) is 18.4. The van der Waals surface area contributed by atoms with E-state index in [2.05, 4.69) is 10.00 Å². The maximum absolute atomic E-state index is 12.1. The smallest absolute Gasteiger partial charge is 0.207 e. The molecular formula is C19H22ClN3O3. The Kier molecular flexibility index (Phi) is 6.44. The summed E-state index contributed by atoms with van der Waals surface area (Å²) < 4.78 is 12.6. The molecule has 6 nitrogen and oxygen atoms in total. The number of hydrogen-bond acceptors (Lipinski definition) is 5. The first kappa shape index (κ1) is 18.6. The Labute approximate surface area is 158 Å². The van der Waals surface area contributed by atoms with Crippen molar-refractivity contribution < 1.29 is 14.3 Å². The molecule has 0 spiro atoms. The van der Waals surface area contributed by atoms with Gasteiger partial charge in [-0.15, -0.1) is 0 Å². The van der Waals surface area contributed by atoms with Crippen LogP contribution in [-0.2, 0) is 11.8 Å². The van der Waals surface area contributed by atoms with Gasteiger partial charge in [-0.05, 0) is 23.8 Å². The minimum absolute atomic E-state index is 0.221. The maximum Gasteiger partial charge on any atom is 0.207 e. The Hall–Kier alpha value is -2.15. The number of allylic oxidation sites excluding steroid dienone is 1. The second kappa shape index (κ2) is 8.98. The van der Waals surface area contributed by atoms with Crippen molar-refractivity contribution in [1.82, 2.24) is 14.7 Å². The van der Waals surface area contributed by atoms with Crippen LogP contribution in [0.5, 0.6) is 5.75 Å². The molecule has 0 bridgehead atoms. The van der Waals surface area contributed by atoms with E-state index in [4.69, 9.17) is 21.1 Å². The van der Waals surface area contributed by atoms with Crippen molar-refractivity contribution in [2.75, 3.05) is 39.5 Å².